The third-order valence-corrected chi connectivity index (χ3v) is 6.64. The molecule has 170 valence electrons. The first-order valence-corrected chi connectivity index (χ1v) is 11.0. The van der Waals surface area contributed by atoms with E-state index < -0.39 is 11.7 Å². The minimum absolute atomic E-state index is 0.0346. The summed E-state index contributed by atoms with van der Waals surface area (Å²) in [6.07, 6.45) is -1.25. The zero-order valence-corrected chi connectivity index (χ0v) is 17.6. The molecule has 9 heteroatoms. The van der Waals surface area contributed by atoms with Crippen LogP contribution in [-0.4, -0.2) is 27.0 Å². The van der Waals surface area contributed by atoms with E-state index in [0.717, 1.165) is 35.4 Å². The number of hydrogen-bond acceptors (Lipinski definition) is 5. The first-order chi connectivity index (χ1) is 16.4. The van der Waals surface area contributed by atoms with Crippen LogP contribution in [0.25, 0.3) is 11.0 Å². The van der Waals surface area contributed by atoms with Crippen molar-refractivity contribution in [3.8, 4) is 11.5 Å². The Morgan fingerprint density at radius 1 is 1.03 bits per heavy atom. The van der Waals surface area contributed by atoms with Crippen LogP contribution in [0.4, 0.5) is 19.0 Å². The second-order valence-electron chi connectivity index (χ2n) is 8.78. The van der Waals surface area contributed by atoms with E-state index in [1.54, 1.807) is 6.20 Å². The summed E-state index contributed by atoms with van der Waals surface area (Å²) in [5, 5.41) is 0. The predicted molar refractivity (Wildman–Crippen MR) is 118 cm³/mol. The van der Waals surface area contributed by atoms with Gasteiger partial charge in [0.05, 0.1) is 22.5 Å². The maximum Gasteiger partial charge on any atom is 0.416 e. The minimum atomic E-state index is -4.39. The molecule has 7 rings (SSSR count). The van der Waals surface area contributed by atoms with Crippen LogP contribution in [0.15, 0.2) is 59.7 Å². The number of benzene rings is 2. The second kappa shape index (κ2) is 6.82. The van der Waals surface area contributed by atoms with Gasteiger partial charge in [-0.15, -0.1) is 0 Å². The van der Waals surface area contributed by atoms with Gasteiger partial charge in [0.2, 0.25) is 0 Å². The summed E-state index contributed by atoms with van der Waals surface area (Å²) in [6, 6.07) is 13.2. The van der Waals surface area contributed by atoms with Crippen molar-refractivity contribution < 1.29 is 22.6 Å². The fourth-order valence-corrected chi connectivity index (χ4v) is 4.95. The number of H-pyrrole nitrogens is 1. The summed E-state index contributed by atoms with van der Waals surface area (Å²) in [5.74, 6) is 3.46. The van der Waals surface area contributed by atoms with Crippen LogP contribution in [0.1, 0.15) is 40.8 Å². The SMILES string of the molecule is FC(F)(F)c1ccc2nc([C@@H]3[C@H]4Oc5ccc(OC6=Nc7ncccc7CC6)cc5[C@H]43)[nH]c2c1. The molecule has 1 aliphatic carbocycles. The van der Waals surface area contributed by atoms with Crippen molar-refractivity contribution in [2.75, 3.05) is 0 Å². The molecule has 4 heterocycles. The van der Waals surface area contributed by atoms with Crippen LogP contribution in [0.3, 0.4) is 0 Å². The maximum absolute atomic E-state index is 13.0. The van der Waals surface area contributed by atoms with E-state index in [4.69, 9.17) is 9.47 Å². The van der Waals surface area contributed by atoms with Gasteiger partial charge in [-0.3, -0.25) is 0 Å². The Morgan fingerprint density at radius 2 is 1.94 bits per heavy atom. The number of imidazole rings is 1. The number of halogens is 3. The lowest BCUT2D eigenvalue weighted by atomic mass is 10.1. The minimum Gasteiger partial charge on any atom is -0.489 e. The number of nitrogens with one attached hydrogen (secondary N) is 1. The van der Waals surface area contributed by atoms with Gasteiger partial charge in [0.15, 0.2) is 11.7 Å². The van der Waals surface area contributed by atoms with Crippen molar-refractivity contribution in [1.29, 1.82) is 0 Å². The number of ether oxygens (including phenoxy) is 2. The highest BCUT2D eigenvalue weighted by atomic mass is 19.4. The van der Waals surface area contributed by atoms with Gasteiger partial charge in [0.25, 0.3) is 0 Å². The van der Waals surface area contributed by atoms with Gasteiger partial charge in [0.1, 0.15) is 23.4 Å². The number of alkyl halides is 3. The molecule has 0 spiro atoms. The van der Waals surface area contributed by atoms with E-state index in [0.29, 0.717) is 40.7 Å². The first kappa shape index (κ1) is 19.6. The molecule has 2 aliphatic heterocycles. The molecule has 1 fully saturated rings. The molecule has 3 atom stereocenters. The lowest BCUT2D eigenvalue weighted by Crippen LogP contribution is -2.13. The van der Waals surface area contributed by atoms with Gasteiger partial charge in [-0.05, 0) is 54.4 Å². The number of hydrogen-bond donors (Lipinski definition) is 1. The predicted octanol–water partition coefficient (Wildman–Crippen LogP) is 5.67. The van der Waals surface area contributed by atoms with Gasteiger partial charge in [-0.1, -0.05) is 6.07 Å². The molecule has 0 bridgehead atoms. The number of aromatic nitrogens is 3. The van der Waals surface area contributed by atoms with Crippen LogP contribution in [-0.2, 0) is 12.6 Å². The summed E-state index contributed by atoms with van der Waals surface area (Å²) in [6.45, 7) is 0. The number of aryl methyl sites for hydroxylation is 1. The summed E-state index contributed by atoms with van der Waals surface area (Å²) < 4.78 is 51.3. The average molecular weight is 462 g/mol. The number of nitrogens with zero attached hydrogens (tertiary/aromatic N) is 3. The molecular weight excluding hydrogens is 445 g/mol. The molecule has 0 saturated heterocycles. The van der Waals surface area contributed by atoms with E-state index in [2.05, 4.69) is 19.9 Å². The highest BCUT2D eigenvalue weighted by Gasteiger charge is 2.61. The van der Waals surface area contributed by atoms with Gasteiger partial charge >= 0.3 is 6.18 Å². The van der Waals surface area contributed by atoms with E-state index in [1.165, 1.54) is 6.07 Å². The Labute approximate surface area is 191 Å². The lowest BCUT2D eigenvalue weighted by molar-refractivity contribution is -0.137. The van der Waals surface area contributed by atoms with Crippen LogP contribution in [0.2, 0.25) is 0 Å². The number of rotatable bonds is 2. The van der Waals surface area contributed by atoms with Crippen molar-refractivity contribution in [3.05, 3.63) is 77.2 Å². The zero-order chi connectivity index (χ0) is 23.0. The van der Waals surface area contributed by atoms with E-state index in [-0.39, 0.29) is 17.9 Å². The van der Waals surface area contributed by atoms with Crippen LogP contribution >= 0.6 is 0 Å². The van der Waals surface area contributed by atoms with Crippen molar-refractivity contribution in [3.63, 3.8) is 0 Å². The summed E-state index contributed by atoms with van der Waals surface area (Å²) >= 11 is 0. The van der Waals surface area contributed by atoms with Crippen LogP contribution < -0.4 is 9.47 Å². The average Bonchev–Trinajstić information content (AvgIpc) is 3.18. The largest absolute Gasteiger partial charge is 0.489 e. The maximum atomic E-state index is 13.0. The Morgan fingerprint density at radius 3 is 2.82 bits per heavy atom. The molecular formula is C25H17F3N4O2. The third-order valence-electron chi connectivity index (χ3n) is 6.64. The van der Waals surface area contributed by atoms with Crippen molar-refractivity contribution in [2.24, 2.45) is 4.99 Å². The Hall–Kier alpha value is -3.88. The summed E-state index contributed by atoms with van der Waals surface area (Å²) in [5.41, 5.74) is 2.30. The third kappa shape index (κ3) is 3.07. The summed E-state index contributed by atoms with van der Waals surface area (Å²) in [7, 11) is 0. The van der Waals surface area contributed by atoms with Crippen LogP contribution in [0.5, 0.6) is 11.5 Å². The fraction of sp³-hybridized carbons (Fsp3) is 0.240. The molecule has 1 saturated carbocycles. The standard InChI is InChI=1S/C25H17F3N4O2/c26-25(27,28)13-4-6-16-17(10-13)31-24(30-16)21-20-15-11-14(5-7-18(15)34-22(20)21)33-19-8-3-12-2-1-9-29-23(12)32-19/h1-2,4-7,9-11,20-22H,3,8H2,(H,30,31)/t20-,21-,22-/m0/s1. The second-order valence-corrected chi connectivity index (χ2v) is 8.78. The Balaban J connectivity index is 1.14. The van der Waals surface area contributed by atoms with E-state index in [9.17, 15) is 13.2 Å². The highest BCUT2D eigenvalue weighted by molar-refractivity contribution is 5.83. The molecule has 0 unspecified atom stereocenters. The molecule has 2 aromatic heterocycles. The number of fused-ring (bicyclic) bond motifs is 5. The van der Waals surface area contributed by atoms with Gasteiger partial charge < -0.3 is 14.5 Å². The Kier molecular flexibility index (Phi) is 3.92. The Bertz CT molecular complexity index is 1490. The molecule has 1 N–H and O–H groups in total. The van der Waals surface area contributed by atoms with Gasteiger partial charge in [-0.25, -0.2) is 9.97 Å². The van der Waals surface area contributed by atoms with Crippen LogP contribution in [0, 0.1) is 0 Å². The lowest BCUT2D eigenvalue weighted by Gasteiger charge is -2.15. The topological polar surface area (TPSA) is 72.4 Å². The smallest absolute Gasteiger partial charge is 0.416 e. The quantitative estimate of drug-likeness (QED) is 0.416. The molecule has 3 aliphatic rings. The first-order valence-electron chi connectivity index (χ1n) is 11.0. The number of aromatic amines is 1. The van der Waals surface area contributed by atoms with Crippen molar-refractivity contribution in [2.45, 2.75) is 37.0 Å². The molecule has 2 aromatic carbocycles. The van der Waals surface area contributed by atoms with Crippen molar-refractivity contribution in [1.82, 2.24) is 15.0 Å². The van der Waals surface area contributed by atoms with Gasteiger partial charge in [-0.2, -0.15) is 18.2 Å². The normalized spacial score (nSPS) is 22.4. The molecule has 34 heavy (non-hydrogen) atoms. The van der Waals surface area contributed by atoms with Gasteiger partial charge in [0, 0.05) is 24.1 Å². The van der Waals surface area contributed by atoms with E-state index in [1.807, 2.05) is 30.3 Å². The highest BCUT2D eigenvalue weighted by Crippen LogP contribution is 2.63. The molecule has 6 nitrogen and oxygen atoms in total. The molecule has 0 amide bonds. The summed E-state index contributed by atoms with van der Waals surface area (Å²) in [4.78, 5) is 16.4. The number of pyridine rings is 1. The fourth-order valence-electron chi connectivity index (χ4n) is 4.95. The van der Waals surface area contributed by atoms with E-state index >= 15 is 0 Å². The van der Waals surface area contributed by atoms with Crippen molar-refractivity contribution >= 4 is 22.7 Å². The monoisotopic (exact) mass is 462 g/mol. The zero-order valence-electron chi connectivity index (χ0n) is 17.6. The molecule has 4 aromatic rings. The molecule has 0 radical (unpaired) electrons. The number of aliphatic imine (C=N–C) groups is 1.